The summed E-state index contributed by atoms with van der Waals surface area (Å²) in [6, 6.07) is 22.9. The second-order valence-electron chi connectivity index (χ2n) is 11.8. The SMILES string of the molecule is Cc1ccc(S(=O)(=O)N(CC(C)C)C[C@@H](O)[C@@H](O)[C@@H](CC(=O)N[C@H]2c3ccccc3C[C@H]2O)Cc2ccccc2)cc1. The maximum Gasteiger partial charge on any atom is 0.243 e. The van der Waals surface area contributed by atoms with Gasteiger partial charge < -0.3 is 20.6 Å². The molecule has 0 aliphatic heterocycles. The Morgan fingerprint density at radius 1 is 0.952 bits per heavy atom. The summed E-state index contributed by atoms with van der Waals surface area (Å²) < 4.78 is 28.3. The zero-order valence-electron chi connectivity index (χ0n) is 24.4. The van der Waals surface area contributed by atoms with Gasteiger partial charge in [0.25, 0.3) is 0 Å². The minimum absolute atomic E-state index is 0.0267. The van der Waals surface area contributed by atoms with Crippen molar-refractivity contribution in [2.75, 3.05) is 13.1 Å². The average molecular weight is 595 g/mol. The van der Waals surface area contributed by atoms with E-state index in [1.54, 1.807) is 24.3 Å². The molecular formula is C33H42N2O6S. The third-order valence-electron chi connectivity index (χ3n) is 7.80. The van der Waals surface area contributed by atoms with Gasteiger partial charge in [0.1, 0.15) is 0 Å². The summed E-state index contributed by atoms with van der Waals surface area (Å²) >= 11 is 0. The van der Waals surface area contributed by atoms with Crippen molar-refractivity contribution in [1.82, 2.24) is 9.62 Å². The number of aryl methyl sites for hydroxylation is 1. The molecule has 3 aromatic carbocycles. The standard InChI is InChI=1S/C33H42N2O6S/c1-22(2)20-35(42(40,41)27-15-13-23(3)14-16-27)21-30(37)33(39)26(17-24-9-5-4-6-10-24)19-31(38)34-32-28-12-8-7-11-25(28)18-29(32)36/h4-16,22,26,29-30,32-33,36-37,39H,17-21H2,1-3H3,(H,34,38)/t26-,29-,30-,32+,33+/m1/s1. The summed E-state index contributed by atoms with van der Waals surface area (Å²) in [4.78, 5) is 13.4. The minimum atomic E-state index is -3.94. The Morgan fingerprint density at radius 3 is 2.26 bits per heavy atom. The van der Waals surface area contributed by atoms with Gasteiger partial charge in [0.05, 0.1) is 29.2 Å². The van der Waals surface area contributed by atoms with Crippen molar-refractivity contribution in [2.45, 2.75) is 69.3 Å². The topological polar surface area (TPSA) is 127 Å². The minimum Gasteiger partial charge on any atom is -0.390 e. The summed E-state index contributed by atoms with van der Waals surface area (Å²) in [6.45, 7) is 5.48. The number of hydrogen-bond acceptors (Lipinski definition) is 6. The highest BCUT2D eigenvalue weighted by Gasteiger charge is 2.36. The first kappa shape index (κ1) is 31.8. The van der Waals surface area contributed by atoms with Gasteiger partial charge in [-0.2, -0.15) is 4.31 Å². The summed E-state index contributed by atoms with van der Waals surface area (Å²) in [5, 5.41) is 36.2. The van der Waals surface area contributed by atoms with Gasteiger partial charge in [0.15, 0.2) is 0 Å². The highest BCUT2D eigenvalue weighted by atomic mass is 32.2. The predicted molar refractivity (Wildman–Crippen MR) is 162 cm³/mol. The molecule has 5 atom stereocenters. The third kappa shape index (κ3) is 7.85. The molecule has 0 aromatic heterocycles. The van der Waals surface area contributed by atoms with Crippen molar-refractivity contribution in [1.29, 1.82) is 0 Å². The zero-order valence-corrected chi connectivity index (χ0v) is 25.2. The Labute approximate surface area is 249 Å². The molecule has 0 fully saturated rings. The summed E-state index contributed by atoms with van der Waals surface area (Å²) in [5.74, 6) is -1.10. The van der Waals surface area contributed by atoms with Crippen molar-refractivity contribution in [3.05, 3.63) is 101 Å². The van der Waals surface area contributed by atoms with Crippen LogP contribution in [0, 0.1) is 18.8 Å². The Kier molecular flexibility index (Phi) is 10.6. The van der Waals surface area contributed by atoms with Crippen LogP contribution in [0.15, 0.2) is 83.8 Å². The van der Waals surface area contributed by atoms with E-state index < -0.39 is 40.3 Å². The molecule has 0 spiro atoms. The molecule has 9 heteroatoms. The van der Waals surface area contributed by atoms with E-state index in [4.69, 9.17) is 0 Å². The molecule has 0 saturated heterocycles. The van der Waals surface area contributed by atoms with Crippen molar-refractivity contribution in [2.24, 2.45) is 11.8 Å². The molecule has 4 N–H and O–H groups in total. The predicted octanol–water partition coefficient (Wildman–Crippen LogP) is 3.39. The monoisotopic (exact) mass is 594 g/mol. The van der Waals surface area contributed by atoms with Crippen LogP contribution in [0.3, 0.4) is 0 Å². The summed E-state index contributed by atoms with van der Waals surface area (Å²) in [6.07, 6.45) is -2.97. The molecule has 0 saturated carbocycles. The van der Waals surface area contributed by atoms with Crippen LogP contribution in [0.2, 0.25) is 0 Å². The lowest BCUT2D eigenvalue weighted by molar-refractivity contribution is -0.125. The largest absolute Gasteiger partial charge is 0.390 e. The molecule has 0 heterocycles. The second kappa shape index (κ2) is 13.9. The molecule has 4 rings (SSSR count). The lowest BCUT2D eigenvalue weighted by Crippen LogP contribution is -2.47. The number of aliphatic hydroxyl groups is 3. The van der Waals surface area contributed by atoms with Crippen LogP contribution in [0.1, 0.15) is 48.6 Å². The second-order valence-corrected chi connectivity index (χ2v) is 13.7. The number of carbonyl (C=O) groups is 1. The number of carbonyl (C=O) groups excluding carboxylic acids is 1. The van der Waals surface area contributed by atoms with Gasteiger partial charge in [0, 0.05) is 31.8 Å². The van der Waals surface area contributed by atoms with E-state index >= 15 is 0 Å². The first-order chi connectivity index (χ1) is 20.0. The van der Waals surface area contributed by atoms with E-state index in [9.17, 15) is 28.5 Å². The van der Waals surface area contributed by atoms with Crippen LogP contribution < -0.4 is 5.32 Å². The van der Waals surface area contributed by atoms with Gasteiger partial charge in [-0.15, -0.1) is 0 Å². The molecule has 0 radical (unpaired) electrons. The highest BCUT2D eigenvalue weighted by Crippen LogP contribution is 2.32. The molecule has 1 aliphatic carbocycles. The van der Waals surface area contributed by atoms with E-state index in [-0.39, 0.29) is 36.2 Å². The highest BCUT2D eigenvalue weighted by molar-refractivity contribution is 7.89. The smallest absolute Gasteiger partial charge is 0.243 e. The summed E-state index contributed by atoms with van der Waals surface area (Å²) in [5.41, 5.74) is 3.64. The Morgan fingerprint density at radius 2 is 1.60 bits per heavy atom. The van der Waals surface area contributed by atoms with Crippen LogP contribution >= 0.6 is 0 Å². The van der Waals surface area contributed by atoms with Gasteiger partial charge in [0.2, 0.25) is 15.9 Å². The fourth-order valence-corrected chi connectivity index (χ4v) is 7.24. The lowest BCUT2D eigenvalue weighted by atomic mass is 9.87. The van der Waals surface area contributed by atoms with Crippen molar-refractivity contribution in [3.8, 4) is 0 Å². The van der Waals surface area contributed by atoms with E-state index in [0.717, 1.165) is 22.3 Å². The van der Waals surface area contributed by atoms with E-state index in [1.165, 1.54) is 4.31 Å². The Hall–Kier alpha value is -3.08. The fraction of sp³-hybridized carbons (Fsp3) is 0.424. The number of sulfonamides is 1. The Bertz CT molecular complexity index is 1430. The van der Waals surface area contributed by atoms with Crippen LogP contribution in [0.25, 0.3) is 0 Å². The maximum absolute atomic E-state index is 13.5. The number of benzene rings is 3. The van der Waals surface area contributed by atoms with Gasteiger partial charge in [-0.25, -0.2) is 8.42 Å². The van der Waals surface area contributed by atoms with Crippen LogP contribution in [0.4, 0.5) is 0 Å². The van der Waals surface area contributed by atoms with Gasteiger partial charge >= 0.3 is 0 Å². The van der Waals surface area contributed by atoms with Crippen molar-refractivity contribution < 1.29 is 28.5 Å². The van der Waals surface area contributed by atoms with Crippen LogP contribution in [0.5, 0.6) is 0 Å². The number of hydrogen-bond donors (Lipinski definition) is 4. The number of rotatable bonds is 13. The first-order valence-electron chi connectivity index (χ1n) is 14.5. The van der Waals surface area contributed by atoms with Gasteiger partial charge in [-0.05, 0) is 48.1 Å². The average Bonchev–Trinajstić information content (AvgIpc) is 3.26. The molecule has 0 bridgehead atoms. The number of aliphatic hydroxyl groups excluding tert-OH is 3. The molecular weight excluding hydrogens is 552 g/mol. The molecule has 8 nitrogen and oxygen atoms in total. The molecule has 3 aromatic rings. The normalized spacial score (nSPS) is 19.0. The molecule has 226 valence electrons. The number of amides is 1. The summed E-state index contributed by atoms with van der Waals surface area (Å²) in [7, 11) is -3.94. The van der Waals surface area contributed by atoms with Crippen molar-refractivity contribution in [3.63, 3.8) is 0 Å². The Balaban J connectivity index is 1.53. The van der Waals surface area contributed by atoms with Gasteiger partial charge in [-0.1, -0.05) is 86.1 Å². The molecule has 1 aliphatic rings. The van der Waals surface area contributed by atoms with Crippen LogP contribution in [-0.4, -0.2) is 65.4 Å². The first-order valence-corrected chi connectivity index (χ1v) is 15.9. The van der Waals surface area contributed by atoms with Crippen molar-refractivity contribution >= 4 is 15.9 Å². The fourth-order valence-electron chi connectivity index (χ4n) is 5.62. The van der Waals surface area contributed by atoms with E-state index in [2.05, 4.69) is 5.32 Å². The van der Waals surface area contributed by atoms with Crippen LogP contribution in [-0.2, 0) is 27.7 Å². The molecule has 1 amide bonds. The number of nitrogens with one attached hydrogen (secondary N) is 1. The number of fused-ring (bicyclic) bond motifs is 1. The molecule has 42 heavy (non-hydrogen) atoms. The van der Waals surface area contributed by atoms with E-state index in [1.807, 2.05) is 75.4 Å². The molecule has 0 unspecified atom stereocenters. The quantitative estimate of drug-likeness (QED) is 0.240. The van der Waals surface area contributed by atoms with Gasteiger partial charge in [-0.3, -0.25) is 4.79 Å². The lowest BCUT2D eigenvalue weighted by Gasteiger charge is -2.32. The van der Waals surface area contributed by atoms with E-state index in [0.29, 0.717) is 12.8 Å². The third-order valence-corrected chi connectivity index (χ3v) is 9.65. The zero-order chi connectivity index (χ0) is 30.4. The maximum atomic E-state index is 13.5. The number of nitrogens with zero attached hydrogens (tertiary/aromatic N) is 1.